The number of nitrogens with one attached hydrogen (secondary N) is 2. The first-order valence-corrected chi connectivity index (χ1v) is 8.27. The van der Waals surface area contributed by atoms with Crippen molar-refractivity contribution in [2.45, 2.75) is 6.42 Å². The first kappa shape index (κ1) is 18.3. The highest BCUT2D eigenvalue weighted by Gasteiger charge is 2.10. The van der Waals surface area contributed by atoms with Gasteiger partial charge in [0.1, 0.15) is 11.6 Å². The molecule has 1 aliphatic heterocycles. The van der Waals surface area contributed by atoms with Crippen LogP contribution in [0, 0.1) is 11.3 Å². The number of halogens is 1. The number of anilines is 1. The molecule has 0 atom stereocenters. The monoisotopic (exact) mass is 348 g/mol. The van der Waals surface area contributed by atoms with E-state index in [2.05, 4.69) is 15.5 Å². The maximum atomic E-state index is 12.1. The number of hydrogen-bond donors (Lipinski definition) is 2. The Morgan fingerprint density at radius 2 is 2.21 bits per heavy atom. The molecule has 1 fully saturated rings. The number of amides is 1. The fourth-order valence-electron chi connectivity index (χ4n) is 2.32. The minimum Gasteiger partial charge on any atom is -0.390 e. The number of nitrogens with zero attached hydrogens (tertiary/aromatic N) is 2. The Morgan fingerprint density at radius 1 is 1.42 bits per heavy atom. The molecular formula is C17H21ClN4O2. The molecule has 2 N–H and O–H groups in total. The maximum Gasteiger partial charge on any atom is 0.267 e. The zero-order valence-electron chi connectivity index (χ0n) is 13.4. The first-order chi connectivity index (χ1) is 11.7. The van der Waals surface area contributed by atoms with Crippen molar-refractivity contribution >= 4 is 23.2 Å². The van der Waals surface area contributed by atoms with Gasteiger partial charge in [-0.2, -0.15) is 5.26 Å². The molecule has 0 spiro atoms. The van der Waals surface area contributed by atoms with Crippen LogP contribution in [0.1, 0.15) is 6.42 Å². The number of nitriles is 1. The van der Waals surface area contributed by atoms with Crippen LogP contribution in [0.3, 0.4) is 0 Å². The molecule has 128 valence electrons. The molecule has 0 bridgehead atoms. The summed E-state index contributed by atoms with van der Waals surface area (Å²) in [6.07, 6.45) is 2.39. The van der Waals surface area contributed by atoms with Gasteiger partial charge in [-0.05, 0) is 31.2 Å². The van der Waals surface area contributed by atoms with E-state index in [1.54, 1.807) is 24.3 Å². The Bertz CT molecular complexity index is 621. The second kappa shape index (κ2) is 9.93. The van der Waals surface area contributed by atoms with Crippen molar-refractivity contribution in [3.8, 4) is 6.07 Å². The van der Waals surface area contributed by atoms with E-state index in [0.29, 0.717) is 17.3 Å². The molecule has 1 heterocycles. The summed E-state index contributed by atoms with van der Waals surface area (Å²) >= 11 is 5.87. The van der Waals surface area contributed by atoms with Crippen LogP contribution in [-0.4, -0.2) is 50.2 Å². The average molecular weight is 349 g/mol. The van der Waals surface area contributed by atoms with E-state index >= 15 is 0 Å². The summed E-state index contributed by atoms with van der Waals surface area (Å²) in [7, 11) is 0. The average Bonchev–Trinajstić information content (AvgIpc) is 2.59. The lowest BCUT2D eigenvalue weighted by atomic mass is 10.2. The Kier molecular flexibility index (Phi) is 7.56. The first-order valence-electron chi connectivity index (χ1n) is 7.90. The molecule has 1 amide bonds. The van der Waals surface area contributed by atoms with Crippen LogP contribution < -0.4 is 10.6 Å². The van der Waals surface area contributed by atoms with Crippen molar-refractivity contribution in [1.29, 1.82) is 5.26 Å². The van der Waals surface area contributed by atoms with Crippen LogP contribution in [0.5, 0.6) is 0 Å². The van der Waals surface area contributed by atoms with E-state index in [1.807, 2.05) is 6.07 Å². The van der Waals surface area contributed by atoms with Crippen molar-refractivity contribution in [1.82, 2.24) is 10.2 Å². The highest BCUT2D eigenvalue weighted by molar-refractivity contribution is 6.31. The molecular weight excluding hydrogens is 328 g/mol. The molecule has 0 saturated carbocycles. The summed E-state index contributed by atoms with van der Waals surface area (Å²) in [6.45, 7) is 5.17. The van der Waals surface area contributed by atoms with Gasteiger partial charge in [0.15, 0.2) is 0 Å². The summed E-state index contributed by atoms with van der Waals surface area (Å²) in [5.74, 6) is -0.458. The van der Waals surface area contributed by atoms with Crippen LogP contribution in [0.25, 0.3) is 0 Å². The quantitative estimate of drug-likeness (QED) is 0.447. The number of hydrogen-bond acceptors (Lipinski definition) is 5. The number of carbonyl (C=O) groups excluding carboxylic acids is 1. The van der Waals surface area contributed by atoms with Gasteiger partial charge in [0, 0.05) is 36.5 Å². The standard InChI is InChI=1S/C17H21ClN4O2/c18-15-3-1-4-16(11-15)21-17(23)14(12-19)13-20-5-2-6-22-7-9-24-10-8-22/h1,3-4,11,13,20H,2,5-10H2,(H,21,23)/b14-13-. The van der Waals surface area contributed by atoms with Crippen molar-refractivity contribution in [3.63, 3.8) is 0 Å². The van der Waals surface area contributed by atoms with E-state index in [0.717, 1.165) is 39.3 Å². The number of carbonyl (C=O) groups is 1. The lowest BCUT2D eigenvalue weighted by Gasteiger charge is -2.26. The lowest BCUT2D eigenvalue weighted by molar-refractivity contribution is -0.112. The number of ether oxygens (including phenoxy) is 1. The molecule has 0 unspecified atom stereocenters. The van der Waals surface area contributed by atoms with E-state index in [1.165, 1.54) is 6.20 Å². The van der Waals surface area contributed by atoms with Crippen LogP contribution in [-0.2, 0) is 9.53 Å². The minimum atomic E-state index is -0.458. The Balaban J connectivity index is 1.74. The molecule has 2 rings (SSSR count). The van der Waals surface area contributed by atoms with Crippen LogP contribution in [0.2, 0.25) is 5.02 Å². The summed E-state index contributed by atoms with van der Waals surface area (Å²) in [5, 5.41) is 15.3. The molecule has 24 heavy (non-hydrogen) atoms. The highest BCUT2D eigenvalue weighted by atomic mass is 35.5. The van der Waals surface area contributed by atoms with Gasteiger partial charge in [-0.3, -0.25) is 9.69 Å². The van der Waals surface area contributed by atoms with Crippen LogP contribution in [0.15, 0.2) is 36.0 Å². The number of rotatable bonds is 7. The number of morpholine rings is 1. The van der Waals surface area contributed by atoms with Gasteiger partial charge >= 0.3 is 0 Å². The van der Waals surface area contributed by atoms with Crippen molar-refractivity contribution in [2.75, 3.05) is 44.7 Å². The molecule has 0 radical (unpaired) electrons. The normalized spacial score (nSPS) is 15.6. The fourth-order valence-corrected chi connectivity index (χ4v) is 2.51. The summed E-state index contributed by atoms with van der Waals surface area (Å²) in [4.78, 5) is 14.4. The molecule has 6 nitrogen and oxygen atoms in total. The predicted octanol–water partition coefficient (Wildman–Crippen LogP) is 2.00. The smallest absolute Gasteiger partial charge is 0.267 e. The molecule has 1 aromatic rings. The van der Waals surface area contributed by atoms with Gasteiger partial charge in [-0.25, -0.2) is 0 Å². The molecule has 1 aromatic carbocycles. The molecule has 0 aromatic heterocycles. The molecule has 1 aliphatic rings. The van der Waals surface area contributed by atoms with E-state index in [4.69, 9.17) is 21.6 Å². The third kappa shape index (κ3) is 6.20. The van der Waals surface area contributed by atoms with Gasteiger partial charge in [-0.15, -0.1) is 0 Å². The van der Waals surface area contributed by atoms with Gasteiger partial charge in [0.05, 0.1) is 13.2 Å². The Morgan fingerprint density at radius 3 is 2.92 bits per heavy atom. The molecule has 0 aliphatic carbocycles. The SMILES string of the molecule is N#C/C(=C/NCCCN1CCOCC1)C(=O)Nc1cccc(Cl)c1. The summed E-state index contributed by atoms with van der Waals surface area (Å²) in [6, 6.07) is 8.70. The molecule has 7 heteroatoms. The summed E-state index contributed by atoms with van der Waals surface area (Å²) < 4.78 is 5.30. The van der Waals surface area contributed by atoms with Crippen molar-refractivity contribution < 1.29 is 9.53 Å². The second-order valence-corrected chi connectivity index (χ2v) is 5.83. The van der Waals surface area contributed by atoms with Crippen molar-refractivity contribution in [2.24, 2.45) is 0 Å². The number of benzene rings is 1. The second-order valence-electron chi connectivity index (χ2n) is 5.40. The zero-order chi connectivity index (χ0) is 17.2. The summed E-state index contributed by atoms with van der Waals surface area (Å²) in [5.41, 5.74) is 0.585. The fraction of sp³-hybridized carbons (Fsp3) is 0.412. The third-order valence-corrected chi connectivity index (χ3v) is 3.83. The van der Waals surface area contributed by atoms with Gasteiger partial charge in [0.2, 0.25) is 0 Å². The topological polar surface area (TPSA) is 77.4 Å². The minimum absolute atomic E-state index is 0.0290. The van der Waals surface area contributed by atoms with Gasteiger partial charge in [-0.1, -0.05) is 17.7 Å². The largest absolute Gasteiger partial charge is 0.390 e. The van der Waals surface area contributed by atoms with Crippen LogP contribution in [0.4, 0.5) is 5.69 Å². The van der Waals surface area contributed by atoms with Gasteiger partial charge < -0.3 is 15.4 Å². The zero-order valence-corrected chi connectivity index (χ0v) is 14.2. The third-order valence-electron chi connectivity index (χ3n) is 3.59. The Hall–Kier alpha value is -2.07. The van der Waals surface area contributed by atoms with Crippen molar-refractivity contribution in [3.05, 3.63) is 41.1 Å². The van der Waals surface area contributed by atoms with Crippen LogP contribution >= 0.6 is 11.6 Å². The van der Waals surface area contributed by atoms with E-state index in [-0.39, 0.29) is 5.57 Å². The maximum absolute atomic E-state index is 12.1. The van der Waals surface area contributed by atoms with E-state index in [9.17, 15) is 4.79 Å². The highest BCUT2D eigenvalue weighted by Crippen LogP contribution is 2.15. The molecule has 1 saturated heterocycles. The Labute approximate surface area is 147 Å². The lowest BCUT2D eigenvalue weighted by Crippen LogP contribution is -2.37. The predicted molar refractivity (Wildman–Crippen MR) is 93.7 cm³/mol. The van der Waals surface area contributed by atoms with Gasteiger partial charge in [0.25, 0.3) is 5.91 Å². The van der Waals surface area contributed by atoms with E-state index < -0.39 is 5.91 Å².